The fourth-order valence-electron chi connectivity index (χ4n) is 2.04. The molecule has 1 aliphatic rings. The Kier molecular flexibility index (Phi) is 2.44. The molecule has 1 atom stereocenters. The molecule has 0 saturated heterocycles. The first-order valence-corrected chi connectivity index (χ1v) is 4.89. The van der Waals surface area contributed by atoms with Crippen LogP contribution in [0.15, 0.2) is 18.2 Å². The zero-order valence-corrected chi connectivity index (χ0v) is 8.53. The van der Waals surface area contributed by atoms with Gasteiger partial charge in [-0.25, -0.2) is 4.39 Å². The van der Waals surface area contributed by atoms with E-state index in [1.54, 1.807) is 24.1 Å². The number of amides is 1. The molecule has 0 aromatic heterocycles. The number of hydrogen-bond donors (Lipinski definition) is 1. The lowest BCUT2D eigenvalue weighted by Gasteiger charge is -2.31. The summed E-state index contributed by atoms with van der Waals surface area (Å²) < 4.78 is 13.6. The summed E-state index contributed by atoms with van der Waals surface area (Å²) in [5, 5.41) is 0. The van der Waals surface area contributed by atoms with Gasteiger partial charge in [-0.3, -0.25) is 4.79 Å². The molecule has 0 saturated carbocycles. The maximum absolute atomic E-state index is 13.6. The van der Waals surface area contributed by atoms with E-state index >= 15 is 0 Å². The van der Waals surface area contributed by atoms with E-state index in [-0.39, 0.29) is 17.6 Å². The highest BCUT2D eigenvalue weighted by Crippen LogP contribution is 2.28. The van der Waals surface area contributed by atoms with Crippen molar-refractivity contribution in [1.82, 2.24) is 4.90 Å². The normalized spacial score (nSPS) is 20.3. The molecule has 1 amide bonds. The van der Waals surface area contributed by atoms with Gasteiger partial charge in [-0.1, -0.05) is 6.07 Å². The molecule has 0 aliphatic carbocycles. The van der Waals surface area contributed by atoms with E-state index in [0.717, 1.165) is 0 Å². The van der Waals surface area contributed by atoms with Gasteiger partial charge in [0.2, 0.25) is 0 Å². The van der Waals surface area contributed by atoms with Crippen LogP contribution in [0, 0.1) is 5.82 Å². The number of nitrogens with zero attached hydrogens (tertiary/aromatic N) is 1. The number of carbonyl (C=O) groups excluding carboxylic acids is 1. The van der Waals surface area contributed by atoms with E-state index in [9.17, 15) is 9.18 Å². The Morgan fingerprint density at radius 2 is 2.33 bits per heavy atom. The van der Waals surface area contributed by atoms with Crippen LogP contribution in [-0.2, 0) is 0 Å². The molecule has 2 rings (SSSR count). The van der Waals surface area contributed by atoms with Gasteiger partial charge in [-0.2, -0.15) is 0 Å². The van der Waals surface area contributed by atoms with Crippen LogP contribution in [0.1, 0.15) is 21.8 Å². The van der Waals surface area contributed by atoms with Gasteiger partial charge >= 0.3 is 0 Å². The Morgan fingerprint density at radius 1 is 1.60 bits per heavy atom. The predicted molar refractivity (Wildman–Crippen MR) is 55.2 cm³/mol. The molecule has 1 heterocycles. The quantitative estimate of drug-likeness (QED) is 0.747. The summed E-state index contributed by atoms with van der Waals surface area (Å²) in [7, 11) is 1.71. The highest BCUT2D eigenvalue weighted by molar-refractivity contribution is 5.97. The Labute approximate surface area is 87.7 Å². The SMILES string of the molecule is CN1CC(CN)c2c(F)cccc2C1=O. The highest BCUT2D eigenvalue weighted by Gasteiger charge is 2.30. The van der Waals surface area contributed by atoms with E-state index in [0.29, 0.717) is 24.2 Å². The number of nitrogens with two attached hydrogens (primary N) is 1. The third-order valence-electron chi connectivity index (χ3n) is 2.82. The van der Waals surface area contributed by atoms with E-state index in [1.165, 1.54) is 6.07 Å². The van der Waals surface area contributed by atoms with Gasteiger partial charge in [-0.15, -0.1) is 0 Å². The molecule has 0 bridgehead atoms. The van der Waals surface area contributed by atoms with Crippen molar-refractivity contribution in [2.24, 2.45) is 5.73 Å². The third kappa shape index (κ3) is 1.51. The topological polar surface area (TPSA) is 46.3 Å². The molecule has 1 aliphatic heterocycles. The second kappa shape index (κ2) is 3.62. The number of rotatable bonds is 1. The maximum atomic E-state index is 13.6. The molecule has 0 fully saturated rings. The van der Waals surface area contributed by atoms with Gasteiger partial charge in [0.15, 0.2) is 0 Å². The lowest BCUT2D eigenvalue weighted by atomic mass is 9.89. The summed E-state index contributed by atoms with van der Waals surface area (Å²) in [6.45, 7) is 0.842. The van der Waals surface area contributed by atoms with Gasteiger partial charge < -0.3 is 10.6 Å². The molecule has 1 unspecified atom stereocenters. The highest BCUT2D eigenvalue weighted by atomic mass is 19.1. The Morgan fingerprint density at radius 3 is 3.00 bits per heavy atom. The fourth-order valence-corrected chi connectivity index (χ4v) is 2.04. The number of carbonyl (C=O) groups is 1. The third-order valence-corrected chi connectivity index (χ3v) is 2.82. The smallest absolute Gasteiger partial charge is 0.254 e. The summed E-state index contributed by atoms with van der Waals surface area (Å²) in [6, 6.07) is 4.58. The van der Waals surface area contributed by atoms with Crippen molar-refractivity contribution in [1.29, 1.82) is 0 Å². The van der Waals surface area contributed by atoms with Crippen LogP contribution in [-0.4, -0.2) is 30.9 Å². The predicted octanol–water partition coefficient (Wildman–Crippen LogP) is 0.954. The zero-order chi connectivity index (χ0) is 11.0. The minimum Gasteiger partial charge on any atom is -0.341 e. The summed E-state index contributed by atoms with van der Waals surface area (Å²) in [6.07, 6.45) is 0. The number of halogens is 1. The Hall–Kier alpha value is -1.42. The van der Waals surface area contributed by atoms with Crippen LogP contribution < -0.4 is 5.73 Å². The number of hydrogen-bond acceptors (Lipinski definition) is 2. The minimum absolute atomic E-state index is 0.0936. The van der Waals surface area contributed by atoms with Crippen molar-refractivity contribution in [2.45, 2.75) is 5.92 Å². The second-order valence-corrected chi connectivity index (χ2v) is 3.82. The number of fused-ring (bicyclic) bond motifs is 1. The first-order valence-electron chi connectivity index (χ1n) is 4.89. The molecule has 80 valence electrons. The summed E-state index contributed by atoms with van der Waals surface area (Å²) in [5.74, 6) is -0.553. The fraction of sp³-hybridized carbons (Fsp3) is 0.364. The molecular formula is C11H13FN2O. The molecule has 2 N–H and O–H groups in total. The van der Waals surface area contributed by atoms with Crippen LogP contribution >= 0.6 is 0 Å². The van der Waals surface area contributed by atoms with Crippen LogP contribution in [0.3, 0.4) is 0 Å². The van der Waals surface area contributed by atoms with Crippen molar-refractivity contribution < 1.29 is 9.18 Å². The lowest BCUT2D eigenvalue weighted by Crippen LogP contribution is -2.39. The largest absolute Gasteiger partial charge is 0.341 e. The summed E-state index contributed by atoms with van der Waals surface area (Å²) in [4.78, 5) is 13.3. The standard InChI is InChI=1S/C11H13FN2O/c1-14-6-7(5-13)10-8(11(14)15)3-2-4-9(10)12/h2-4,7H,5-6,13H2,1H3. The molecule has 15 heavy (non-hydrogen) atoms. The van der Waals surface area contributed by atoms with E-state index in [2.05, 4.69) is 0 Å². The van der Waals surface area contributed by atoms with Crippen molar-refractivity contribution in [3.05, 3.63) is 35.1 Å². The summed E-state index contributed by atoms with van der Waals surface area (Å²) in [5.41, 5.74) is 6.51. The average molecular weight is 208 g/mol. The molecular weight excluding hydrogens is 195 g/mol. The molecule has 0 radical (unpaired) electrons. The van der Waals surface area contributed by atoms with Crippen LogP contribution in [0.25, 0.3) is 0 Å². The Balaban J connectivity index is 2.58. The maximum Gasteiger partial charge on any atom is 0.254 e. The van der Waals surface area contributed by atoms with Crippen molar-refractivity contribution in [3.63, 3.8) is 0 Å². The summed E-state index contributed by atoms with van der Waals surface area (Å²) >= 11 is 0. The van der Waals surface area contributed by atoms with Crippen molar-refractivity contribution in [2.75, 3.05) is 20.1 Å². The van der Waals surface area contributed by atoms with Crippen LogP contribution in [0.4, 0.5) is 4.39 Å². The van der Waals surface area contributed by atoms with Crippen LogP contribution in [0.2, 0.25) is 0 Å². The lowest BCUT2D eigenvalue weighted by molar-refractivity contribution is 0.0764. The monoisotopic (exact) mass is 208 g/mol. The molecule has 3 nitrogen and oxygen atoms in total. The minimum atomic E-state index is -0.329. The van der Waals surface area contributed by atoms with Gasteiger partial charge in [0, 0.05) is 37.2 Å². The van der Waals surface area contributed by atoms with Crippen molar-refractivity contribution in [3.8, 4) is 0 Å². The van der Waals surface area contributed by atoms with Gasteiger partial charge in [0.05, 0.1) is 0 Å². The number of likely N-dealkylation sites (N-methyl/N-ethyl adjacent to an activating group) is 1. The first kappa shape index (κ1) is 10.1. The van der Waals surface area contributed by atoms with Gasteiger partial charge in [0.25, 0.3) is 5.91 Å². The van der Waals surface area contributed by atoms with Crippen molar-refractivity contribution >= 4 is 5.91 Å². The van der Waals surface area contributed by atoms with E-state index in [1.807, 2.05) is 0 Å². The van der Waals surface area contributed by atoms with E-state index in [4.69, 9.17) is 5.73 Å². The second-order valence-electron chi connectivity index (χ2n) is 3.82. The van der Waals surface area contributed by atoms with Gasteiger partial charge in [-0.05, 0) is 12.1 Å². The number of benzene rings is 1. The molecule has 0 spiro atoms. The Bertz CT molecular complexity index is 406. The van der Waals surface area contributed by atoms with E-state index < -0.39 is 0 Å². The average Bonchev–Trinajstić information content (AvgIpc) is 2.23. The van der Waals surface area contributed by atoms with Gasteiger partial charge in [0.1, 0.15) is 5.82 Å². The first-order chi connectivity index (χ1) is 7.15. The molecule has 4 heteroatoms. The van der Waals surface area contributed by atoms with Crippen LogP contribution in [0.5, 0.6) is 0 Å². The molecule has 1 aromatic carbocycles. The zero-order valence-electron chi connectivity index (χ0n) is 8.53. The molecule has 1 aromatic rings.